The Hall–Kier alpha value is -2.31. The fraction of sp³-hybridized carbons (Fsp3) is 0.632. The molecule has 2 heterocycles. The van der Waals surface area contributed by atoms with Crippen LogP contribution < -0.4 is 10.6 Å². The molecule has 0 aliphatic carbocycles. The van der Waals surface area contributed by atoms with E-state index < -0.39 is 11.9 Å². The molecule has 2 unspecified atom stereocenters. The summed E-state index contributed by atoms with van der Waals surface area (Å²) in [6.07, 6.45) is 3.10. The van der Waals surface area contributed by atoms with Crippen LogP contribution in [0.25, 0.3) is 0 Å². The van der Waals surface area contributed by atoms with Gasteiger partial charge in [-0.15, -0.1) is 0 Å². The highest BCUT2D eigenvalue weighted by atomic mass is 16.3. The van der Waals surface area contributed by atoms with Crippen LogP contribution in [0.4, 0.5) is 0 Å². The van der Waals surface area contributed by atoms with Crippen molar-refractivity contribution in [3.05, 3.63) is 24.2 Å². The smallest absolute Gasteiger partial charge is 0.287 e. The molecule has 7 heteroatoms. The molecule has 0 bridgehead atoms. The number of hydrogen-bond donors (Lipinski definition) is 2. The van der Waals surface area contributed by atoms with Gasteiger partial charge >= 0.3 is 0 Å². The van der Waals surface area contributed by atoms with Crippen molar-refractivity contribution in [2.75, 3.05) is 13.1 Å². The van der Waals surface area contributed by atoms with Gasteiger partial charge in [-0.3, -0.25) is 14.4 Å². The van der Waals surface area contributed by atoms with E-state index in [1.165, 1.54) is 6.26 Å². The van der Waals surface area contributed by atoms with Gasteiger partial charge in [0.25, 0.3) is 5.91 Å². The SMILES string of the molecule is CC(C)C(=O)NC1CCCN(C(=O)C(NC(=O)c2ccco2)C(C)C)C1. The Labute approximate surface area is 154 Å². The standard InChI is InChI=1S/C19H29N3O4/c1-12(2)16(21-18(24)15-8-6-10-26-15)19(25)22-9-5-7-14(11-22)20-17(23)13(3)4/h6,8,10,12-14,16H,5,7,9,11H2,1-4H3,(H,20,23)(H,21,24). The first-order chi connectivity index (χ1) is 12.3. The number of carbonyl (C=O) groups excluding carboxylic acids is 3. The monoisotopic (exact) mass is 363 g/mol. The number of carbonyl (C=O) groups is 3. The lowest BCUT2D eigenvalue weighted by molar-refractivity contribution is -0.136. The van der Waals surface area contributed by atoms with Crippen LogP contribution in [0.2, 0.25) is 0 Å². The summed E-state index contributed by atoms with van der Waals surface area (Å²) in [5.74, 6) is -0.490. The minimum Gasteiger partial charge on any atom is -0.459 e. The maximum atomic E-state index is 13.0. The first-order valence-corrected chi connectivity index (χ1v) is 9.23. The second-order valence-electron chi connectivity index (χ2n) is 7.46. The molecule has 2 rings (SSSR count). The molecular weight excluding hydrogens is 334 g/mol. The van der Waals surface area contributed by atoms with Gasteiger partial charge in [-0.25, -0.2) is 0 Å². The molecule has 1 aromatic heterocycles. The zero-order valence-corrected chi connectivity index (χ0v) is 16.0. The summed E-state index contributed by atoms with van der Waals surface area (Å²) >= 11 is 0. The predicted molar refractivity (Wildman–Crippen MR) is 97.4 cm³/mol. The summed E-state index contributed by atoms with van der Waals surface area (Å²) in [5, 5.41) is 5.78. The van der Waals surface area contributed by atoms with Gasteiger partial charge in [0, 0.05) is 25.0 Å². The molecule has 2 N–H and O–H groups in total. The summed E-state index contributed by atoms with van der Waals surface area (Å²) in [4.78, 5) is 38.9. The number of furan rings is 1. The van der Waals surface area contributed by atoms with Gasteiger partial charge in [0.2, 0.25) is 11.8 Å². The second kappa shape index (κ2) is 8.87. The fourth-order valence-electron chi connectivity index (χ4n) is 2.99. The molecule has 1 aliphatic heterocycles. The van der Waals surface area contributed by atoms with Gasteiger partial charge in [-0.2, -0.15) is 0 Å². The van der Waals surface area contributed by atoms with Crippen molar-refractivity contribution >= 4 is 17.7 Å². The number of rotatable bonds is 6. The molecule has 0 saturated carbocycles. The Morgan fingerprint density at radius 1 is 1.23 bits per heavy atom. The van der Waals surface area contributed by atoms with Crippen molar-refractivity contribution < 1.29 is 18.8 Å². The third-order valence-corrected chi connectivity index (χ3v) is 4.57. The third kappa shape index (κ3) is 5.09. The van der Waals surface area contributed by atoms with E-state index in [0.717, 1.165) is 12.8 Å². The molecule has 26 heavy (non-hydrogen) atoms. The van der Waals surface area contributed by atoms with Crippen LogP contribution in [0.5, 0.6) is 0 Å². The van der Waals surface area contributed by atoms with Gasteiger partial charge in [-0.1, -0.05) is 27.7 Å². The first-order valence-electron chi connectivity index (χ1n) is 9.23. The van der Waals surface area contributed by atoms with Crippen molar-refractivity contribution in [3.8, 4) is 0 Å². The highest BCUT2D eigenvalue weighted by Gasteiger charge is 2.32. The van der Waals surface area contributed by atoms with E-state index in [1.807, 2.05) is 27.7 Å². The molecule has 1 fully saturated rings. The zero-order chi connectivity index (χ0) is 19.3. The minimum atomic E-state index is -0.632. The van der Waals surface area contributed by atoms with Crippen LogP contribution in [-0.4, -0.2) is 47.8 Å². The summed E-state index contributed by atoms with van der Waals surface area (Å²) in [6, 6.07) is 2.52. The lowest BCUT2D eigenvalue weighted by Gasteiger charge is -2.36. The van der Waals surface area contributed by atoms with E-state index in [0.29, 0.717) is 13.1 Å². The van der Waals surface area contributed by atoms with Crippen molar-refractivity contribution in [1.82, 2.24) is 15.5 Å². The Kier molecular flexibility index (Phi) is 6.83. The van der Waals surface area contributed by atoms with Crippen LogP contribution in [0, 0.1) is 11.8 Å². The maximum absolute atomic E-state index is 13.0. The Morgan fingerprint density at radius 3 is 2.54 bits per heavy atom. The number of hydrogen-bond acceptors (Lipinski definition) is 4. The molecule has 3 amide bonds. The summed E-state index contributed by atoms with van der Waals surface area (Å²) in [5.41, 5.74) is 0. The van der Waals surface area contributed by atoms with E-state index in [9.17, 15) is 14.4 Å². The fourth-order valence-corrected chi connectivity index (χ4v) is 2.99. The number of piperidine rings is 1. The minimum absolute atomic E-state index is 0.00386. The molecule has 1 aromatic rings. The quantitative estimate of drug-likeness (QED) is 0.806. The van der Waals surface area contributed by atoms with Crippen LogP contribution in [0.3, 0.4) is 0 Å². The van der Waals surface area contributed by atoms with Crippen molar-refractivity contribution in [1.29, 1.82) is 0 Å². The average Bonchev–Trinajstić information content (AvgIpc) is 3.13. The highest BCUT2D eigenvalue weighted by Crippen LogP contribution is 2.15. The molecule has 2 atom stereocenters. The molecule has 1 saturated heterocycles. The summed E-state index contributed by atoms with van der Waals surface area (Å²) < 4.78 is 5.10. The van der Waals surface area contributed by atoms with E-state index in [-0.39, 0.29) is 35.5 Å². The van der Waals surface area contributed by atoms with Gasteiger partial charge in [-0.05, 0) is 30.9 Å². The molecule has 0 aromatic carbocycles. The van der Waals surface area contributed by atoms with Crippen LogP contribution >= 0.6 is 0 Å². The highest BCUT2D eigenvalue weighted by molar-refractivity contribution is 5.95. The normalized spacial score (nSPS) is 18.7. The van der Waals surface area contributed by atoms with Crippen LogP contribution in [0.1, 0.15) is 51.1 Å². The zero-order valence-electron chi connectivity index (χ0n) is 16.0. The van der Waals surface area contributed by atoms with Gasteiger partial charge < -0.3 is 20.0 Å². The first kappa shape index (κ1) is 20.0. The average molecular weight is 363 g/mol. The molecule has 7 nitrogen and oxygen atoms in total. The van der Waals surface area contributed by atoms with Crippen LogP contribution in [-0.2, 0) is 9.59 Å². The Morgan fingerprint density at radius 2 is 1.96 bits per heavy atom. The van der Waals surface area contributed by atoms with E-state index in [4.69, 9.17) is 4.42 Å². The molecule has 1 aliphatic rings. The predicted octanol–water partition coefficient (Wildman–Crippen LogP) is 1.80. The van der Waals surface area contributed by atoms with Gasteiger partial charge in [0.1, 0.15) is 6.04 Å². The van der Waals surface area contributed by atoms with Gasteiger partial charge in [0.05, 0.1) is 6.26 Å². The van der Waals surface area contributed by atoms with E-state index >= 15 is 0 Å². The maximum Gasteiger partial charge on any atom is 0.287 e. The van der Waals surface area contributed by atoms with Crippen molar-refractivity contribution in [3.63, 3.8) is 0 Å². The largest absolute Gasteiger partial charge is 0.459 e. The lowest BCUT2D eigenvalue weighted by Crippen LogP contribution is -2.56. The van der Waals surface area contributed by atoms with Crippen LogP contribution in [0.15, 0.2) is 22.8 Å². The Balaban J connectivity index is 2.01. The van der Waals surface area contributed by atoms with Crippen molar-refractivity contribution in [2.24, 2.45) is 11.8 Å². The lowest BCUT2D eigenvalue weighted by atomic mass is 9.99. The topological polar surface area (TPSA) is 91.7 Å². The summed E-state index contributed by atoms with van der Waals surface area (Å²) in [7, 11) is 0. The number of amides is 3. The molecule has 0 spiro atoms. The number of likely N-dealkylation sites (tertiary alicyclic amines) is 1. The third-order valence-electron chi connectivity index (χ3n) is 4.57. The Bertz CT molecular complexity index is 625. The summed E-state index contributed by atoms with van der Waals surface area (Å²) in [6.45, 7) is 8.59. The molecular formula is C19H29N3O4. The molecule has 144 valence electrons. The van der Waals surface area contributed by atoms with Crippen molar-refractivity contribution in [2.45, 2.75) is 52.6 Å². The molecule has 0 radical (unpaired) electrons. The van der Waals surface area contributed by atoms with E-state index in [1.54, 1.807) is 17.0 Å². The van der Waals surface area contributed by atoms with E-state index in [2.05, 4.69) is 10.6 Å². The second-order valence-corrected chi connectivity index (χ2v) is 7.46. The number of nitrogens with zero attached hydrogens (tertiary/aromatic N) is 1. The number of nitrogens with one attached hydrogen (secondary N) is 2. The van der Waals surface area contributed by atoms with Gasteiger partial charge in [0.15, 0.2) is 5.76 Å².